The van der Waals surface area contributed by atoms with E-state index in [2.05, 4.69) is 0 Å². The molecule has 0 bridgehead atoms. The van der Waals surface area contributed by atoms with Gasteiger partial charge in [-0.05, 0) is 6.42 Å². The van der Waals surface area contributed by atoms with Crippen molar-refractivity contribution in [3.63, 3.8) is 0 Å². The Morgan fingerprint density at radius 2 is 2.50 bits per heavy atom. The Balaban J connectivity index is 2.11. The van der Waals surface area contributed by atoms with Gasteiger partial charge in [0, 0.05) is 18.9 Å². The highest BCUT2D eigenvalue weighted by Gasteiger charge is 2.43. The molecule has 1 saturated heterocycles. The summed E-state index contributed by atoms with van der Waals surface area (Å²) in [4.78, 5) is 10.6. The van der Waals surface area contributed by atoms with E-state index >= 15 is 0 Å². The normalized spacial score (nSPS) is 43.8. The number of carbonyl (C=O) groups is 1. The van der Waals surface area contributed by atoms with Crippen molar-refractivity contribution in [1.29, 1.82) is 0 Å². The molecule has 0 aromatic carbocycles. The summed E-state index contributed by atoms with van der Waals surface area (Å²) in [7, 11) is 0. The van der Waals surface area contributed by atoms with Crippen LogP contribution in [-0.2, 0) is 9.53 Å². The van der Waals surface area contributed by atoms with Gasteiger partial charge in [-0.15, -0.1) is 0 Å². The molecule has 2 nitrogen and oxygen atoms in total. The highest BCUT2D eigenvalue weighted by molar-refractivity contribution is 5.88. The lowest BCUT2D eigenvalue weighted by atomic mass is 9.80. The first-order valence-electron chi connectivity index (χ1n) is 3.02. The Bertz CT molecular complexity index is 130. The van der Waals surface area contributed by atoms with Crippen LogP contribution in [0.2, 0.25) is 0 Å². The summed E-state index contributed by atoms with van der Waals surface area (Å²) in [6.45, 7) is 0.807. The van der Waals surface area contributed by atoms with Gasteiger partial charge in [-0.2, -0.15) is 0 Å². The molecule has 0 amide bonds. The molecule has 0 radical (unpaired) electrons. The fraction of sp³-hybridized carbons (Fsp3) is 0.833. The molecule has 1 heterocycles. The van der Waals surface area contributed by atoms with E-state index in [9.17, 15) is 4.79 Å². The second-order valence-electron chi connectivity index (χ2n) is 2.47. The molecular weight excluding hydrogens is 104 g/mol. The van der Waals surface area contributed by atoms with E-state index < -0.39 is 0 Å². The van der Waals surface area contributed by atoms with E-state index in [1.807, 2.05) is 0 Å². The van der Waals surface area contributed by atoms with Crippen LogP contribution in [0.1, 0.15) is 12.8 Å². The average molecular weight is 112 g/mol. The maximum Gasteiger partial charge on any atom is 0.141 e. The molecule has 0 spiro atoms. The second kappa shape index (κ2) is 1.32. The number of ether oxygens (including phenoxy) is 1. The lowest BCUT2D eigenvalue weighted by Gasteiger charge is -2.25. The smallest absolute Gasteiger partial charge is 0.141 e. The molecule has 2 heteroatoms. The Morgan fingerprint density at radius 1 is 1.62 bits per heavy atom. The van der Waals surface area contributed by atoms with Crippen LogP contribution in [0.15, 0.2) is 0 Å². The minimum absolute atomic E-state index is 0.301. The van der Waals surface area contributed by atoms with Crippen LogP contribution in [0, 0.1) is 5.92 Å². The maximum atomic E-state index is 10.6. The van der Waals surface area contributed by atoms with E-state index in [1.54, 1.807) is 0 Å². The van der Waals surface area contributed by atoms with Crippen molar-refractivity contribution in [2.75, 3.05) is 6.61 Å². The molecule has 8 heavy (non-hydrogen) atoms. The van der Waals surface area contributed by atoms with Crippen LogP contribution >= 0.6 is 0 Å². The summed E-state index contributed by atoms with van der Waals surface area (Å²) >= 11 is 0. The van der Waals surface area contributed by atoms with E-state index in [0.717, 1.165) is 13.0 Å². The van der Waals surface area contributed by atoms with E-state index in [1.165, 1.54) is 0 Å². The van der Waals surface area contributed by atoms with Gasteiger partial charge in [-0.3, -0.25) is 4.79 Å². The molecule has 1 aliphatic carbocycles. The zero-order valence-electron chi connectivity index (χ0n) is 4.59. The maximum absolute atomic E-state index is 10.6. The van der Waals surface area contributed by atoms with E-state index in [-0.39, 0.29) is 0 Å². The number of carbonyl (C=O) groups excluding carboxylic acids is 1. The van der Waals surface area contributed by atoms with Gasteiger partial charge in [0.25, 0.3) is 0 Å². The second-order valence-corrected chi connectivity index (χ2v) is 2.47. The van der Waals surface area contributed by atoms with Crippen molar-refractivity contribution >= 4 is 5.78 Å². The first-order valence-corrected chi connectivity index (χ1v) is 3.02. The van der Waals surface area contributed by atoms with Gasteiger partial charge >= 0.3 is 0 Å². The predicted molar refractivity (Wildman–Crippen MR) is 27.5 cm³/mol. The first kappa shape index (κ1) is 4.50. The standard InChI is InChI=1S/C6H8O2/c7-5-3-6-4(5)1-2-8-6/h4,6H,1-3H2/t4-,6+/m1/s1. The van der Waals surface area contributed by atoms with Gasteiger partial charge in [0.2, 0.25) is 0 Å². The summed E-state index contributed by atoms with van der Waals surface area (Å²) in [6, 6.07) is 0. The van der Waals surface area contributed by atoms with Crippen molar-refractivity contribution in [3.8, 4) is 0 Å². The molecule has 2 aliphatic rings. The van der Waals surface area contributed by atoms with Crippen molar-refractivity contribution in [3.05, 3.63) is 0 Å². The summed E-state index contributed by atoms with van der Waals surface area (Å²) < 4.78 is 5.20. The fourth-order valence-electron chi connectivity index (χ4n) is 1.41. The number of Topliss-reactive ketones (excluding diaryl/α,β-unsaturated/α-hetero) is 1. The number of hydrogen-bond donors (Lipinski definition) is 0. The average Bonchev–Trinajstić information content (AvgIpc) is 2.09. The van der Waals surface area contributed by atoms with Gasteiger partial charge in [0.1, 0.15) is 5.78 Å². The summed E-state index contributed by atoms with van der Waals surface area (Å²) in [5.41, 5.74) is 0. The number of hydrogen-bond acceptors (Lipinski definition) is 2. The van der Waals surface area contributed by atoms with E-state index in [4.69, 9.17) is 4.74 Å². The lowest BCUT2D eigenvalue weighted by molar-refractivity contribution is -0.136. The Labute approximate surface area is 47.8 Å². The number of fused-ring (bicyclic) bond motifs is 1. The minimum Gasteiger partial charge on any atom is -0.377 e. The van der Waals surface area contributed by atoms with Crippen molar-refractivity contribution in [2.45, 2.75) is 18.9 Å². The zero-order chi connectivity index (χ0) is 5.56. The lowest BCUT2D eigenvalue weighted by Crippen LogP contribution is -2.38. The van der Waals surface area contributed by atoms with Crippen LogP contribution in [0.5, 0.6) is 0 Å². The fourth-order valence-corrected chi connectivity index (χ4v) is 1.41. The third kappa shape index (κ3) is 0.388. The van der Waals surface area contributed by atoms with Crippen molar-refractivity contribution < 1.29 is 9.53 Å². The van der Waals surface area contributed by atoms with Crippen LogP contribution in [0.3, 0.4) is 0 Å². The molecule has 2 rings (SSSR count). The Morgan fingerprint density at radius 3 is 3.00 bits per heavy atom. The van der Waals surface area contributed by atoms with Crippen LogP contribution in [-0.4, -0.2) is 18.5 Å². The van der Waals surface area contributed by atoms with Gasteiger partial charge in [0.05, 0.1) is 6.10 Å². The first-order chi connectivity index (χ1) is 3.88. The summed E-state index contributed by atoms with van der Waals surface area (Å²) in [5, 5.41) is 0. The molecule has 1 saturated carbocycles. The molecule has 0 aromatic rings. The molecule has 2 fully saturated rings. The minimum atomic E-state index is 0.301. The Hall–Kier alpha value is -0.370. The molecule has 1 aliphatic heterocycles. The Kier molecular flexibility index (Phi) is 0.742. The number of rotatable bonds is 0. The third-order valence-electron chi connectivity index (χ3n) is 2.03. The molecule has 44 valence electrons. The van der Waals surface area contributed by atoms with Crippen molar-refractivity contribution in [2.24, 2.45) is 5.92 Å². The largest absolute Gasteiger partial charge is 0.377 e. The molecular formula is C6H8O2. The van der Waals surface area contributed by atoms with E-state index in [0.29, 0.717) is 24.2 Å². The summed E-state index contributed by atoms with van der Waals surface area (Å²) in [6.07, 6.45) is 1.98. The van der Waals surface area contributed by atoms with Gasteiger partial charge < -0.3 is 4.74 Å². The van der Waals surface area contributed by atoms with Gasteiger partial charge in [-0.25, -0.2) is 0 Å². The van der Waals surface area contributed by atoms with Crippen molar-refractivity contribution in [1.82, 2.24) is 0 Å². The predicted octanol–water partition coefficient (Wildman–Crippen LogP) is 0.364. The summed E-state index contributed by atoms with van der Waals surface area (Å²) in [5.74, 6) is 0.711. The van der Waals surface area contributed by atoms with Gasteiger partial charge in [0.15, 0.2) is 0 Å². The molecule has 0 unspecified atom stereocenters. The topological polar surface area (TPSA) is 26.3 Å². The molecule has 0 aromatic heterocycles. The number of ketones is 1. The third-order valence-corrected chi connectivity index (χ3v) is 2.03. The monoisotopic (exact) mass is 112 g/mol. The molecule has 2 atom stereocenters. The van der Waals surface area contributed by atoms with Gasteiger partial charge in [-0.1, -0.05) is 0 Å². The van der Waals surface area contributed by atoms with Crippen LogP contribution in [0.4, 0.5) is 0 Å². The SMILES string of the molecule is O=C1C[C@@H]2OCC[C@H]12. The molecule has 0 N–H and O–H groups in total. The zero-order valence-corrected chi connectivity index (χ0v) is 4.59. The van der Waals surface area contributed by atoms with Crippen LogP contribution in [0.25, 0.3) is 0 Å². The quantitative estimate of drug-likeness (QED) is 0.452. The van der Waals surface area contributed by atoms with Crippen LogP contribution < -0.4 is 0 Å². The highest BCUT2D eigenvalue weighted by Crippen LogP contribution is 2.34. The highest BCUT2D eigenvalue weighted by atomic mass is 16.5.